The summed E-state index contributed by atoms with van der Waals surface area (Å²) in [7, 11) is 0. The normalized spacial score (nSPS) is 36.4. The third-order valence-electron chi connectivity index (χ3n) is 8.06. The highest BCUT2D eigenvalue weighted by atomic mass is 19.2. The molecule has 2 atom stereocenters. The van der Waals surface area contributed by atoms with Crippen LogP contribution in [0.3, 0.4) is 0 Å². The van der Waals surface area contributed by atoms with Crippen molar-refractivity contribution in [2.75, 3.05) is 0 Å². The first-order chi connectivity index (χ1) is 13.5. The van der Waals surface area contributed by atoms with E-state index in [0.29, 0.717) is 17.0 Å². The average molecular weight is 387 g/mol. The second-order valence-electron chi connectivity index (χ2n) is 10.0. The zero-order valence-electron chi connectivity index (χ0n) is 17.6. The number of halogens is 2. The monoisotopic (exact) mass is 386 g/mol. The molecule has 3 aliphatic carbocycles. The van der Waals surface area contributed by atoms with E-state index in [4.69, 9.17) is 0 Å². The van der Waals surface area contributed by atoms with Crippen LogP contribution in [-0.2, 0) is 0 Å². The van der Waals surface area contributed by atoms with Gasteiger partial charge in [-0.05, 0) is 98.0 Å². The van der Waals surface area contributed by atoms with Crippen molar-refractivity contribution < 1.29 is 8.78 Å². The van der Waals surface area contributed by atoms with E-state index < -0.39 is 11.6 Å². The molecule has 154 valence electrons. The molecule has 0 spiro atoms. The molecule has 28 heavy (non-hydrogen) atoms. The Labute approximate surface area is 169 Å². The third-order valence-corrected chi connectivity index (χ3v) is 8.06. The van der Waals surface area contributed by atoms with E-state index in [1.54, 1.807) is 0 Å². The Bertz CT molecular complexity index is 691. The number of hydrogen-bond donors (Lipinski definition) is 0. The Morgan fingerprint density at radius 3 is 1.68 bits per heavy atom. The topological polar surface area (TPSA) is 0 Å². The van der Waals surface area contributed by atoms with Gasteiger partial charge in [-0.25, -0.2) is 8.78 Å². The Hall–Kier alpha value is -1.18. The lowest BCUT2D eigenvalue weighted by Gasteiger charge is -2.35. The fourth-order valence-electron chi connectivity index (χ4n) is 6.01. The number of benzene rings is 1. The molecule has 0 N–H and O–H groups in total. The summed E-state index contributed by atoms with van der Waals surface area (Å²) in [6.07, 6.45) is 16.0. The second kappa shape index (κ2) is 8.67. The standard InChI is InChI=1S/C26H36F2/c1-17-3-7-19(8-4-17)20-11-13-22(14-12-20)24-16-15-23(25(27)26(24)28)21-9-5-18(2)6-10-21/h3,7,15-22H,4-6,8-14H2,1-2H3. The molecule has 0 heterocycles. The highest BCUT2D eigenvalue weighted by Crippen LogP contribution is 2.44. The Morgan fingerprint density at radius 1 is 0.643 bits per heavy atom. The summed E-state index contributed by atoms with van der Waals surface area (Å²) in [4.78, 5) is 0. The Balaban J connectivity index is 1.41. The van der Waals surface area contributed by atoms with E-state index in [1.807, 2.05) is 12.1 Å². The van der Waals surface area contributed by atoms with E-state index in [1.165, 1.54) is 12.8 Å². The molecule has 2 fully saturated rings. The summed E-state index contributed by atoms with van der Waals surface area (Å²) in [5.41, 5.74) is 1.26. The molecule has 4 rings (SSSR count). The first-order valence-electron chi connectivity index (χ1n) is 11.7. The highest BCUT2D eigenvalue weighted by molar-refractivity contribution is 5.32. The lowest BCUT2D eigenvalue weighted by atomic mass is 9.70. The molecule has 0 aromatic heterocycles. The molecule has 1 aromatic carbocycles. The zero-order valence-corrected chi connectivity index (χ0v) is 17.6. The predicted molar refractivity (Wildman–Crippen MR) is 112 cm³/mol. The minimum absolute atomic E-state index is 0.192. The molecule has 2 saturated carbocycles. The SMILES string of the molecule is CC1C=CC(C2CCC(c3ccc(C4CCC(C)CC4)c(F)c3F)CC2)CC1. The molecule has 3 aliphatic rings. The minimum atomic E-state index is -0.552. The summed E-state index contributed by atoms with van der Waals surface area (Å²) in [6.45, 7) is 4.55. The van der Waals surface area contributed by atoms with Gasteiger partial charge in [0.2, 0.25) is 0 Å². The average Bonchev–Trinajstić information content (AvgIpc) is 2.72. The molecule has 2 heteroatoms. The van der Waals surface area contributed by atoms with Gasteiger partial charge in [0, 0.05) is 0 Å². The maximum absolute atomic E-state index is 15.0. The zero-order chi connectivity index (χ0) is 19.7. The number of hydrogen-bond acceptors (Lipinski definition) is 0. The molecule has 0 radical (unpaired) electrons. The number of allylic oxidation sites excluding steroid dienone is 2. The highest BCUT2D eigenvalue weighted by Gasteiger charge is 2.31. The van der Waals surface area contributed by atoms with Gasteiger partial charge < -0.3 is 0 Å². The molecule has 0 amide bonds. The molecule has 1 aromatic rings. The van der Waals surface area contributed by atoms with Crippen molar-refractivity contribution in [1.29, 1.82) is 0 Å². The maximum Gasteiger partial charge on any atom is 0.162 e. The van der Waals surface area contributed by atoms with Crippen LogP contribution in [0.25, 0.3) is 0 Å². The smallest absolute Gasteiger partial charge is 0.162 e. The van der Waals surface area contributed by atoms with E-state index >= 15 is 0 Å². The van der Waals surface area contributed by atoms with Gasteiger partial charge in [0.1, 0.15) is 0 Å². The molecular weight excluding hydrogens is 350 g/mol. The summed E-state index contributed by atoms with van der Waals surface area (Å²) >= 11 is 0. The van der Waals surface area contributed by atoms with Gasteiger partial charge >= 0.3 is 0 Å². The molecule has 0 saturated heterocycles. The summed E-state index contributed by atoms with van der Waals surface area (Å²) in [6, 6.07) is 3.82. The van der Waals surface area contributed by atoms with Gasteiger partial charge in [0.15, 0.2) is 11.6 Å². The van der Waals surface area contributed by atoms with Crippen LogP contribution < -0.4 is 0 Å². The van der Waals surface area contributed by atoms with Crippen molar-refractivity contribution in [3.05, 3.63) is 47.0 Å². The van der Waals surface area contributed by atoms with Crippen LogP contribution in [0, 0.1) is 35.3 Å². The van der Waals surface area contributed by atoms with Gasteiger partial charge in [0.05, 0.1) is 0 Å². The summed E-state index contributed by atoms with van der Waals surface area (Å²) < 4.78 is 29.9. The van der Waals surface area contributed by atoms with E-state index in [0.717, 1.165) is 69.1 Å². The van der Waals surface area contributed by atoms with Gasteiger partial charge in [-0.2, -0.15) is 0 Å². The first kappa shape index (κ1) is 20.1. The van der Waals surface area contributed by atoms with Crippen LogP contribution in [-0.4, -0.2) is 0 Å². The fourth-order valence-corrected chi connectivity index (χ4v) is 6.01. The minimum Gasteiger partial charge on any atom is -0.203 e. The summed E-state index contributed by atoms with van der Waals surface area (Å²) in [5, 5.41) is 0. The molecule has 0 nitrogen and oxygen atoms in total. The van der Waals surface area contributed by atoms with E-state index in [9.17, 15) is 8.78 Å². The van der Waals surface area contributed by atoms with E-state index in [2.05, 4.69) is 26.0 Å². The van der Waals surface area contributed by atoms with Crippen LogP contribution >= 0.6 is 0 Å². The van der Waals surface area contributed by atoms with Crippen LogP contribution in [0.1, 0.15) is 101 Å². The van der Waals surface area contributed by atoms with Crippen molar-refractivity contribution in [2.24, 2.45) is 23.7 Å². The summed E-state index contributed by atoms with van der Waals surface area (Å²) in [5.74, 6) is 2.17. The van der Waals surface area contributed by atoms with Crippen molar-refractivity contribution in [3.63, 3.8) is 0 Å². The van der Waals surface area contributed by atoms with Crippen LogP contribution in [0.15, 0.2) is 24.3 Å². The third kappa shape index (κ3) is 4.21. The van der Waals surface area contributed by atoms with Crippen molar-refractivity contribution in [3.8, 4) is 0 Å². The lowest BCUT2D eigenvalue weighted by molar-refractivity contribution is 0.240. The van der Waals surface area contributed by atoms with Crippen molar-refractivity contribution >= 4 is 0 Å². The van der Waals surface area contributed by atoms with Crippen molar-refractivity contribution in [1.82, 2.24) is 0 Å². The molecular formula is C26H36F2. The lowest BCUT2D eigenvalue weighted by Crippen LogP contribution is -2.23. The second-order valence-corrected chi connectivity index (χ2v) is 10.0. The van der Waals surface area contributed by atoms with Crippen LogP contribution in [0.4, 0.5) is 8.78 Å². The predicted octanol–water partition coefficient (Wildman–Crippen LogP) is 8.13. The van der Waals surface area contributed by atoms with Crippen LogP contribution in [0.5, 0.6) is 0 Å². The van der Waals surface area contributed by atoms with Gasteiger partial charge in [-0.1, -0.05) is 51.0 Å². The van der Waals surface area contributed by atoms with Gasteiger partial charge in [-0.3, -0.25) is 0 Å². The fraction of sp³-hybridized carbons (Fsp3) is 0.692. The maximum atomic E-state index is 15.0. The molecule has 0 aliphatic heterocycles. The van der Waals surface area contributed by atoms with Gasteiger partial charge in [-0.15, -0.1) is 0 Å². The largest absolute Gasteiger partial charge is 0.203 e. The van der Waals surface area contributed by atoms with Crippen molar-refractivity contribution in [2.45, 2.75) is 89.9 Å². The molecule has 2 unspecified atom stereocenters. The Kier molecular flexibility index (Phi) is 6.23. The quantitative estimate of drug-likeness (QED) is 0.460. The Morgan fingerprint density at radius 2 is 1.18 bits per heavy atom. The van der Waals surface area contributed by atoms with E-state index in [-0.39, 0.29) is 11.8 Å². The van der Waals surface area contributed by atoms with Gasteiger partial charge in [0.25, 0.3) is 0 Å². The first-order valence-corrected chi connectivity index (χ1v) is 11.7. The van der Waals surface area contributed by atoms with Crippen LogP contribution in [0.2, 0.25) is 0 Å². The molecule has 0 bridgehead atoms. The number of rotatable bonds is 3.